The molecule has 7 heteroatoms. The summed E-state index contributed by atoms with van der Waals surface area (Å²) in [7, 11) is 3.29. The standard InChI is InChI=1S/C13H19N3O4/c1-14-6-3-7-15-13(19)16-10-8-9(12(17)18)4-5-11(10)20-2/h4-5,8,14H,3,6-7H2,1-2H3,(H,17,18)(H2,15,16,19). The smallest absolute Gasteiger partial charge is 0.335 e. The number of anilines is 1. The van der Waals surface area contributed by atoms with Crippen LogP contribution in [0.2, 0.25) is 0 Å². The average molecular weight is 281 g/mol. The van der Waals surface area contributed by atoms with Crippen molar-refractivity contribution in [2.45, 2.75) is 6.42 Å². The largest absolute Gasteiger partial charge is 0.495 e. The van der Waals surface area contributed by atoms with Crippen LogP contribution < -0.4 is 20.7 Å². The molecule has 110 valence electrons. The highest BCUT2D eigenvalue weighted by molar-refractivity contribution is 5.94. The number of rotatable bonds is 7. The van der Waals surface area contributed by atoms with Crippen molar-refractivity contribution in [1.82, 2.24) is 10.6 Å². The Morgan fingerprint density at radius 1 is 1.30 bits per heavy atom. The van der Waals surface area contributed by atoms with E-state index >= 15 is 0 Å². The predicted octanol–water partition coefficient (Wildman–Crippen LogP) is 1.12. The monoisotopic (exact) mass is 281 g/mol. The van der Waals surface area contributed by atoms with Crippen molar-refractivity contribution < 1.29 is 19.4 Å². The van der Waals surface area contributed by atoms with Crippen molar-refractivity contribution in [3.05, 3.63) is 23.8 Å². The van der Waals surface area contributed by atoms with Gasteiger partial charge in [0.25, 0.3) is 0 Å². The summed E-state index contributed by atoms with van der Waals surface area (Å²) < 4.78 is 5.08. The summed E-state index contributed by atoms with van der Waals surface area (Å²) in [5.41, 5.74) is 0.398. The van der Waals surface area contributed by atoms with Crippen LogP contribution in [0, 0.1) is 0 Å². The van der Waals surface area contributed by atoms with Crippen molar-refractivity contribution in [3.8, 4) is 5.75 Å². The molecule has 0 saturated carbocycles. The SMILES string of the molecule is CNCCCNC(=O)Nc1cc(C(=O)O)ccc1OC. The van der Waals surface area contributed by atoms with Gasteiger partial charge in [0.1, 0.15) is 5.75 Å². The normalized spacial score (nSPS) is 9.90. The topological polar surface area (TPSA) is 99.7 Å². The predicted molar refractivity (Wildman–Crippen MR) is 75.5 cm³/mol. The second-order valence-corrected chi connectivity index (χ2v) is 4.06. The van der Waals surface area contributed by atoms with E-state index in [1.54, 1.807) is 0 Å². The Hall–Kier alpha value is -2.28. The molecule has 0 saturated heterocycles. The van der Waals surface area contributed by atoms with Gasteiger partial charge in [0, 0.05) is 6.54 Å². The van der Waals surface area contributed by atoms with Crippen LogP contribution in [-0.4, -0.2) is 44.4 Å². The first kappa shape index (κ1) is 15.8. The molecule has 20 heavy (non-hydrogen) atoms. The van der Waals surface area contributed by atoms with E-state index in [9.17, 15) is 9.59 Å². The first-order valence-corrected chi connectivity index (χ1v) is 6.19. The lowest BCUT2D eigenvalue weighted by Gasteiger charge is -2.12. The molecule has 1 aromatic carbocycles. The molecule has 7 nitrogen and oxygen atoms in total. The van der Waals surface area contributed by atoms with E-state index in [0.29, 0.717) is 18.0 Å². The fraction of sp³-hybridized carbons (Fsp3) is 0.385. The maximum Gasteiger partial charge on any atom is 0.335 e. The number of carboxylic acids is 1. The van der Waals surface area contributed by atoms with Crippen LogP contribution in [0.5, 0.6) is 5.75 Å². The maximum absolute atomic E-state index is 11.7. The van der Waals surface area contributed by atoms with Crippen molar-refractivity contribution in [2.75, 3.05) is 32.6 Å². The zero-order valence-corrected chi connectivity index (χ0v) is 11.5. The highest BCUT2D eigenvalue weighted by Gasteiger charge is 2.11. The lowest BCUT2D eigenvalue weighted by atomic mass is 10.2. The quantitative estimate of drug-likeness (QED) is 0.561. The number of benzene rings is 1. The Morgan fingerprint density at radius 3 is 2.65 bits per heavy atom. The molecular weight excluding hydrogens is 262 g/mol. The molecule has 0 bridgehead atoms. The summed E-state index contributed by atoms with van der Waals surface area (Å²) >= 11 is 0. The van der Waals surface area contributed by atoms with Gasteiger partial charge in [-0.2, -0.15) is 0 Å². The Kier molecular flexibility index (Phi) is 6.31. The van der Waals surface area contributed by atoms with E-state index in [4.69, 9.17) is 9.84 Å². The molecule has 2 amide bonds. The van der Waals surface area contributed by atoms with Crippen molar-refractivity contribution >= 4 is 17.7 Å². The van der Waals surface area contributed by atoms with Gasteiger partial charge in [-0.1, -0.05) is 0 Å². The molecule has 0 aliphatic heterocycles. The van der Waals surface area contributed by atoms with Gasteiger partial charge in [-0.15, -0.1) is 0 Å². The van der Waals surface area contributed by atoms with Crippen LogP contribution in [0.25, 0.3) is 0 Å². The number of amides is 2. The molecule has 0 radical (unpaired) electrons. The van der Waals surface area contributed by atoms with Gasteiger partial charge < -0.3 is 25.8 Å². The minimum atomic E-state index is -1.06. The van der Waals surface area contributed by atoms with E-state index in [1.165, 1.54) is 25.3 Å². The third-order valence-electron chi connectivity index (χ3n) is 2.58. The van der Waals surface area contributed by atoms with Crippen LogP contribution in [0.4, 0.5) is 10.5 Å². The molecule has 1 rings (SSSR count). The number of methoxy groups -OCH3 is 1. The number of hydrogen-bond donors (Lipinski definition) is 4. The number of carbonyl (C=O) groups is 2. The third-order valence-corrected chi connectivity index (χ3v) is 2.58. The van der Waals surface area contributed by atoms with Crippen LogP contribution in [-0.2, 0) is 0 Å². The second-order valence-electron chi connectivity index (χ2n) is 4.06. The van der Waals surface area contributed by atoms with E-state index in [0.717, 1.165) is 13.0 Å². The Bertz CT molecular complexity index is 477. The average Bonchev–Trinajstić information content (AvgIpc) is 2.43. The summed E-state index contributed by atoms with van der Waals surface area (Å²) in [6.07, 6.45) is 0.802. The molecule has 1 aromatic rings. The molecule has 4 N–H and O–H groups in total. The third kappa shape index (κ3) is 4.77. The lowest BCUT2D eigenvalue weighted by Crippen LogP contribution is -2.31. The number of hydrogen-bond acceptors (Lipinski definition) is 4. The molecule has 0 aromatic heterocycles. The summed E-state index contributed by atoms with van der Waals surface area (Å²) in [4.78, 5) is 22.6. The molecular formula is C13H19N3O4. The van der Waals surface area contributed by atoms with Gasteiger partial charge in [0.2, 0.25) is 0 Å². The highest BCUT2D eigenvalue weighted by Crippen LogP contribution is 2.25. The fourth-order valence-corrected chi connectivity index (χ4v) is 1.57. The number of urea groups is 1. The van der Waals surface area contributed by atoms with E-state index in [2.05, 4.69) is 16.0 Å². The summed E-state index contributed by atoms with van der Waals surface area (Å²) in [5, 5.41) is 17.2. The van der Waals surface area contributed by atoms with Crippen LogP contribution >= 0.6 is 0 Å². The lowest BCUT2D eigenvalue weighted by molar-refractivity contribution is 0.0697. The van der Waals surface area contributed by atoms with Gasteiger partial charge >= 0.3 is 12.0 Å². The second kappa shape index (κ2) is 8.00. The fourth-order valence-electron chi connectivity index (χ4n) is 1.57. The Morgan fingerprint density at radius 2 is 2.05 bits per heavy atom. The van der Waals surface area contributed by atoms with Crippen molar-refractivity contribution in [3.63, 3.8) is 0 Å². The van der Waals surface area contributed by atoms with Crippen LogP contribution in [0.15, 0.2) is 18.2 Å². The summed E-state index contributed by atoms with van der Waals surface area (Å²) in [6.45, 7) is 1.33. The minimum absolute atomic E-state index is 0.0799. The minimum Gasteiger partial charge on any atom is -0.495 e. The zero-order chi connectivity index (χ0) is 15.0. The van der Waals surface area contributed by atoms with E-state index in [1.807, 2.05) is 7.05 Å². The van der Waals surface area contributed by atoms with Gasteiger partial charge in [0.05, 0.1) is 18.4 Å². The Balaban J connectivity index is 2.67. The molecule has 0 aliphatic carbocycles. The van der Waals surface area contributed by atoms with Crippen molar-refractivity contribution in [2.24, 2.45) is 0 Å². The highest BCUT2D eigenvalue weighted by atomic mass is 16.5. The van der Waals surface area contributed by atoms with Crippen LogP contribution in [0.3, 0.4) is 0 Å². The number of carboxylic acid groups (broad SMARTS) is 1. The Labute approximate surface area is 117 Å². The molecule has 0 fully saturated rings. The van der Waals surface area contributed by atoms with Gasteiger partial charge in [0.15, 0.2) is 0 Å². The number of nitrogens with one attached hydrogen (secondary N) is 3. The van der Waals surface area contributed by atoms with Crippen LogP contribution in [0.1, 0.15) is 16.8 Å². The number of aromatic carboxylic acids is 1. The maximum atomic E-state index is 11.7. The zero-order valence-electron chi connectivity index (χ0n) is 11.5. The molecule has 0 aliphatic rings. The number of ether oxygens (including phenoxy) is 1. The first-order valence-electron chi connectivity index (χ1n) is 6.19. The molecule has 0 spiro atoms. The summed E-state index contributed by atoms with van der Waals surface area (Å²) in [6, 6.07) is 3.87. The van der Waals surface area contributed by atoms with Gasteiger partial charge in [-0.05, 0) is 38.2 Å². The number of carbonyl (C=O) groups excluding carboxylic acids is 1. The molecule has 0 atom stereocenters. The first-order chi connectivity index (χ1) is 9.58. The van der Waals surface area contributed by atoms with Gasteiger partial charge in [-0.3, -0.25) is 0 Å². The van der Waals surface area contributed by atoms with Gasteiger partial charge in [-0.25, -0.2) is 9.59 Å². The van der Waals surface area contributed by atoms with E-state index < -0.39 is 12.0 Å². The molecule has 0 unspecified atom stereocenters. The molecule has 0 heterocycles. The summed E-state index contributed by atoms with van der Waals surface area (Å²) in [5.74, 6) is -0.662. The van der Waals surface area contributed by atoms with E-state index in [-0.39, 0.29) is 5.56 Å². The van der Waals surface area contributed by atoms with Crippen molar-refractivity contribution in [1.29, 1.82) is 0 Å².